The third kappa shape index (κ3) is 3.36. The molecule has 0 bridgehead atoms. The summed E-state index contributed by atoms with van der Waals surface area (Å²) in [7, 11) is 0. The summed E-state index contributed by atoms with van der Waals surface area (Å²) in [6, 6.07) is 23.2. The Labute approximate surface area is 132 Å². The van der Waals surface area contributed by atoms with Gasteiger partial charge >= 0.3 is 0 Å². The first-order valence-corrected chi connectivity index (χ1v) is 7.60. The molecule has 0 amide bonds. The van der Waals surface area contributed by atoms with Gasteiger partial charge in [-0.3, -0.25) is 0 Å². The number of fused-ring (bicyclic) bond motifs is 1. The third-order valence-electron chi connectivity index (χ3n) is 3.90. The number of rotatable bonds is 5. The maximum atomic E-state index is 5.37. The van der Waals surface area contributed by atoms with Gasteiger partial charge in [-0.1, -0.05) is 60.5 Å². The molecule has 0 fully saturated rings. The summed E-state index contributed by atoms with van der Waals surface area (Å²) < 4.78 is 0. The predicted molar refractivity (Wildman–Crippen MR) is 93.7 cm³/mol. The van der Waals surface area contributed by atoms with E-state index in [1.165, 1.54) is 21.9 Å². The maximum absolute atomic E-state index is 5.37. The van der Waals surface area contributed by atoms with Crippen LogP contribution in [0.25, 0.3) is 10.8 Å². The van der Waals surface area contributed by atoms with Gasteiger partial charge < -0.3 is 5.32 Å². The quantitative estimate of drug-likeness (QED) is 0.548. The molecular formula is C21H19N. The zero-order chi connectivity index (χ0) is 15.2. The Balaban J connectivity index is 1.57. The van der Waals surface area contributed by atoms with Crippen LogP contribution in [0.15, 0.2) is 66.7 Å². The zero-order valence-corrected chi connectivity index (χ0v) is 12.5. The van der Waals surface area contributed by atoms with Gasteiger partial charge in [0.1, 0.15) is 0 Å². The van der Waals surface area contributed by atoms with Crippen molar-refractivity contribution in [2.24, 2.45) is 0 Å². The zero-order valence-electron chi connectivity index (χ0n) is 12.5. The van der Waals surface area contributed by atoms with Crippen LogP contribution in [-0.2, 0) is 13.0 Å². The molecule has 0 aliphatic carbocycles. The fourth-order valence-electron chi connectivity index (χ4n) is 2.69. The lowest BCUT2D eigenvalue weighted by Crippen LogP contribution is -2.16. The second-order valence-electron chi connectivity index (χ2n) is 5.41. The van der Waals surface area contributed by atoms with Crippen LogP contribution in [0.2, 0.25) is 0 Å². The summed E-state index contributed by atoms with van der Waals surface area (Å²) in [5.41, 5.74) is 3.59. The van der Waals surface area contributed by atoms with Gasteiger partial charge in [0.05, 0.1) is 0 Å². The number of nitrogens with one attached hydrogen (secondary N) is 1. The van der Waals surface area contributed by atoms with Crippen molar-refractivity contribution < 1.29 is 0 Å². The summed E-state index contributed by atoms with van der Waals surface area (Å²) in [6.07, 6.45) is 6.40. The first-order valence-electron chi connectivity index (χ1n) is 7.60. The van der Waals surface area contributed by atoms with Gasteiger partial charge in [0.25, 0.3) is 0 Å². The molecule has 0 spiro atoms. The Morgan fingerprint density at radius 2 is 1.64 bits per heavy atom. The predicted octanol–water partition coefficient (Wildman–Crippen LogP) is 4.15. The molecule has 1 nitrogen and oxygen atoms in total. The van der Waals surface area contributed by atoms with E-state index in [0.29, 0.717) is 0 Å². The molecule has 0 atom stereocenters. The first kappa shape index (κ1) is 14.4. The average molecular weight is 285 g/mol. The Bertz CT molecular complexity index is 789. The van der Waals surface area contributed by atoms with E-state index in [9.17, 15) is 0 Å². The lowest BCUT2D eigenvalue weighted by Gasteiger charge is -2.08. The monoisotopic (exact) mass is 285 g/mol. The van der Waals surface area contributed by atoms with Crippen molar-refractivity contribution >= 4 is 10.8 Å². The Kier molecular flexibility index (Phi) is 4.53. The van der Waals surface area contributed by atoms with E-state index >= 15 is 0 Å². The van der Waals surface area contributed by atoms with Gasteiger partial charge in [-0.05, 0) is 47.0 Å². The second kappa shape index (κ2) is 6.93. The number of hydrogen-bond donors (Lipinski definition) is 1. The van der Waals surface area contributed by atoms with E-state index in [2.05, 4.69) is 65.8 Å². The second-order valence-corrected chi connectivity index (χ2v) is 5.41. The molecular weight excluding hydrogens is 266 g/mol. The average Bonchev–Trinajstić information content (AvgIpc) is 2.59. The van der Waals surface area contributed by atoms with Crippen molar-refractivity contribution in [3.63, 3.8) is 0 Å². The van der Waals surface area contributed by atoms with Crippen LogP contribution in [0.3, 0.4) is 0 Å². The molecule has 22 heavy (non-hydrogen) atoms. The maximum Gasteiger partial charge on any atom is 0.0242 e. The Hall–Kier alpha value is -2.56. The van der Waals surface area contributed by atoms with Crippen LogP contribution in [0, 0.1) is 12.3 Å². The molecule has 1 N–H and O–H groups in total. The van der Waals surface area contributed by atoms with Crippen molar-refractivity contribution in [3.8, 4) is 12.3 Å². The highest BCUT2D eigenvalue weighted by Gasteiger charge is 2.00. The minimum Gasteiger partial charge on any atom is -0.312 e. The van der Waals surface area contributed by atoms with Crippen molar-refractivity contribution in [1.82, 2.24) is 5.32 Å². The van der Waals surface area contributed by atoms with Gasteiger partial charge in [0.15, 0.2) is 0 Å². The normalized spacial score (nSPS) is 10.5. The van der Waals surface area contributed by atoms with Crippen LogP contribution < -0.4 is 5.32 Å². The highest BCUT2D eigenvalue weighted by molar-refractivity contribution is 5.85. The minimum atomic E-state index is 0.871. The standard InChI is InChI=1S/C21H19N/c1-2-17-10-12-18(13-11-17)16-22-15-14-20-8-5-7-19-6-3-4-9-21(19)20/h1,3-13,22H,14-16H2. The smallest absolute Gasteiger partial charge is 0.0242 e. The largest absolute Gasteiger partial charge is 0.312 e. The minimum absolute atomic E-state index is 0.871. The fourth-order valence-corrected chi connectivity index (χ4v) is 2.69. The topological polar surface area (TPSA) is 12.0 Å². The van der Waals surface area contributed by atoms with E-state index in [1.807, 2.05) is 12.1 Å². The number of terminal acetylenes is 1. The number of hydrogen-bond acceptors (Lipinski definition) is 1. The summed E-state index contributed by atoms with van der Waals surface area (Å²) in [4.78, 5) is 0. The summed E-state index contributed by atoms with van der Waals surface area (Å²) in [5.74, 6) is 2.64. The Morgan fingerprint density at radius 3 is 2.45 bits per heavy atom. The molecule has 0 radical (unpaired) electrons. The summed E-state index contributed by atoms with van der Waals surface area (Å²) in [5, 5.41) is 6.16. The van der Waals surface area contributed by atoms with E-state index in [1.54, 1.807) is 0 Å². The molecule has 0 saturated carbocycles. The molecule has 3 aromatic rings. The molecule has 108 valence electrons. The van der Waals surface area contributed by atoms with E-state index in [0.717, 1.165) is 25.1 Å². The SMILES string of the molecule is C#Cc1ccc(CNCCc2cccc3ccccc23)cc1. The molecule has 0 saturated heterocycles. The molecule has 0 heterocycles. The van der Waals surface area contributed by atoms with Crippen LogP contribution in [0.4, 0.5) is 0 Å². The van der Waals surface area contributed by atoms with Gasteiger partial charge in [0.2, 0.25) is 0 Å². The first-order chi connectivity index (χ1) is 10.9. The Morgan fingerprint density at radius 1 is 0.864 bits per heavy atom. The van der Waals surface area contributed by atoms with Crippen LogP contribution in [-0.4, -0.2) is 6.54 Å². The van der Waals surface area contributed by atoms with Crippen molar-refractivity contribution in [2.45, 2.75) is 13.0 Å². The molecule has 3 rings (SSSR count). The lowest BCUT2D eigenvalue weighted by atomic mass is 10.0. The van der Waals surface area contributed by atoms with Crippen molar-refractivity contribution in [3.05, 3.63) is 83.4 Å². The summed E-state index contributed by atoms with van der Waals surface area (Å²) in [6.45, 7) is 1.83. The molecule has 0 aliphatic heterocycles. The van der Waals surface area contributed by atoms with Crippen molar-refractivity contribution in [2.75, 3.05) is 6.54 Å². The highest BCUT2D eigenvalue weighted by Crippen LogP contribution is 2.18. The lowest BCUT2D eigenvalue weighted by molar-refractivity contribution is 0.688. The van der Waals surface area contributed by atoms with E-state index in [-0.39, 0.29) is 0 Å². The molecule has 0 aromatic heterocycles. The fraction of sp³-hybridized carbons (Fsp3) is 0.143. The summed E-state index contributed by atoms with van der Waals surface area (Å²) >= 11 is 0. The third-order valence-corrected chi connectivity index (χ3v) is 3.90. The van der Waals surface area contributed by atoms with Gasteiger partial charge in [-0.2, -0.15) is 0 Å². The van der Waals surface area contributed by atoms with E-state index < -0.39 is 0 Å². The van der Waals surface area contributed by atoms with Gasteiger partial charge in [-0.25, -0.2) is 0 Å². The van der Waals surface area contributed by atoms with Crippen LogP contribution in [0.1, 0.15) is 16.7 Å². The van der Waals surface area contributed by atoms with Crippen LogP contribution >= 0.6 is 0 Å². The molecule has 0 aliphatic rings. The molecule has 3 aromatic carbocycles. The number of benzene rings is 3. The molecule has 1 heteroatoms. The van der Waals surface area contributed by atoms with Gasteiger partial charge in [0, 0.05) is 12.1 Å². The van der Waals surface area contributed by atoms with Crippen LogP contribution in [0.5, 0.6) is 0 Å². The van der Waals surface area contributed by atoms with Crippen molar-refractivity contribution in [1.29, 1.82) is 0 Å². The van der Waals surface area contributed by atoms with E-state index in [4.69, 9.17) is 6.42 Å². The molecule has 0 unspecified atom stereocenters. The van der Waals surface area contributed by atoms with Gasteiger partial charge in [-0.15, -0.1) is 6.42 Å². The highest BCUT2D eigenvalue weighted by atomic mass is 14.8.